The van der Waals surface area contributed by atoms with E-state index in [-0.39, 0.29) is 0 Å². The number of rotatable bonds is 4. The minimum Gasteiger partial charge on any atom is -0.330 e. The molecule has 3 heterocycles. The number of benzene rings is 1. The molecule has 0 radical (unpaired) electrons. The van der Waals surface area contributed by atoms with Crippen molar-refractivity contribution >= 4 is 11.0 Å². The van der Waals surface area contributed by atoms with Gasteiger partial charge in [-0.25, -0.2) is 14.6 Å². The second-order valence-electron chi connectivity index (χ2n) is 6.73. The molecule has 1 saturated heterocycles. The number of fused-ring (bicyclic) bond motifs is 1. The number of aryl methyl sites for hydroxylation is 3. The average molecular weight is 324 g/mol. The molecular formula is C18H24N6. The van der Waals surface area contributed by atoms with Crippen molar-refractivity contribution < 1.29 is 0 Å². The Morgan fingerprint density at radius 2 is 2.00 bits per heavy atom. The molecule has 3 aromatic rings. The first kappa shape index (κ1) is 15.3. The first-order chi connectivity index (χ1) is 11.6. The maximum atomic E-state index is 4.83. The summed E-state index contributed by atoms with van der Waals surface area (Å²) in [6.07, 6.45) is 2.45. The summed E-state index contributed by atoms with van der Waals surface area (Å²) in [5, 5.41) is 4.53. The van der Waals surface area contributed by atoms with E-state index in [0.717, 1.165) is 42.6 Å². The van der Waals surface area contributed by atoms with Crippen LogP contribution in [0.4, 0.5) is 0 Å². The van der Waals surface area contributed by atoms with Gasteiger partial charge >= 0.3 is 0 Å². The fourth-order valence-corrected chi connectivity index (χ4v) is 3.76. The summed E-state index contributed by atoms with van der Waals surface area (Å²) in [5.74, 6) is 2.99. The van der Waals surface area contributed by atoms with E-state index in [9.17, 15) is 0 Å². The van der Waals surface area contributed by atoms with Crippen LogP contribution in [0.2, 0.25) is 0 Å². The van der Waals surface area contributed by atoms with E-state index in [2.05, 4.69) is 44.8 Å². The number of likely N-dealkylation sites (tertiary alicyclic amines) is 1. The monoisotopic (exact) mass is 324 g/mol. The Morgan fingerprint density at radius 3 is 2.75 bits per heavy atom. The van der Waals surface area contributed by atoms with Crippen molar-refractivity contribution in [2.45, 2.75) is 45.8 Å². The molecule has 24 heavy (non-hydrogen) atoms. The van der Waals surface area contributed by atoms with Gasteiger partial charge in [0.1, 0.15) is 17.5 Å². The highest BCUT2D eigenvalue weighted by molar-refractivity contribution is 5.75. The molecule has 0 aliphatic carbocycles. The lowest BCUT2D eigenvalue weighted by atomic mass is 10.2. The zero-order chi connectivity index (χ0) is 16.7. The SMILES string of the molecule is Cc1nc(C)n(C[C@H]2CCCN2Cc2nc3ccccc3n2C)n1. The number of nitrogens with zero attached hydrogens (tertiary/aromatic N) is 6. The lowest BCUT2D eigenvalue weighted by Gasteiger charge is -2.24. The van der Waals surface area contributed by atoms with Crippen LogP contribution in [0.15, 0.2) is 24.3 Å². The standard InChI is InChI=1S/C18H24N6/c1-13-19-14(2)24(21-13)11-15-7-6-10-23(15)12-18-20-16-8-4-5-9-17(16)22(18)3/h4-5,8-9,15H,6-7,10-12H2,1-3H3/t15-/m1/s1. The molecule has 0 spiro atoms. The van der Waals surface area contributed by atoms with Crippen LogP contribution in [0.5, 0.6) is 0 Å². The van der Waals surface area contributed by atoms with E-state index in [4.69, 9.17) is 4.98 Å². The summed E-state index contributed by atoms with van der Waals surface area (Å²) >= 11 is 0. The van der Waals surface area contributed by atoms with Crippen molar-refractivity contribution in [1.82, 2.24) is 29.2 Å². The molecule has 0 amide bonds. The molecule has 0 saturated carbocycles. The van der Waals surface area contributed by atoms with Crippen LogP contribution >= 0.6 is 0 Å². The highest BCUT2D eigenvalue weighted by Gasteiger charge is 2.27. The number of hydrogen-bond acceptors (Lipinski definition) is 4. The third-order valence-electron chi connectivity index (χ3n) is 5.07. The largest absolute Gasteiger partial charge is 0.330 e. The summed E-state index contributed by atoms with van der Waals surface area (Å²) < 4.78 is 4.27. The average Bonchev–Trinajstić information content (AvgIpc) is 3.21. The van der Waals surface area contributed by atoms with Crippen molar-refractivity contribution in [2.24, 2.45) is 7.05 Å². The molecule has 1 aromatic carbocycles. The van der Waals surface area contributed by atoms with Crippen molar-refractivity contribution in [1.29, 1.82) is 0 Å². The van der Waals surface area contributed by atoms with Crippen LogP contribution in [-0.2, 0) is 20.1 Å². The van der Waals surface area contributed by atoms with Gasteiger partial charge in [-0.15, -0.1) is 0 Å². The Bertz CT molecular complexity index is 862. The first-order valence-corrected chi connectivity index (χ1v) is 8.64. The van der Waals surface area contributed by atoms with E-state index in [1.807, 2.05) is 24.6 Å². The van der Waals surface area contributed by atoms with Crippen LogP contribution in [0, 0.1) is 13.8 Å². The molecule has 0 N–H and O–H groups in total. The van der Waals surface area contributed by atoms with Crippen LogP contribution in [0.1, 0.15) is 30.3 Å². The molecular weight excluding hydrogens is 300 g/mol. The van der Waals surface area contributed by atoms with Gasteiger partial charge in [0.15, 0.2) is 0 Å². The Hall–Kier alpha value is -2.21. The topological polar surface area (TPSA) is 51.8 Å². The van der Waals surface area contributed by atoms with E-state index in [1.165, 1.54) is 18.4 Å². The molecule has 1 atom stereocenters. The third kappa shape index (κ3) is 2.71. The smallest absolute Gasteiger partial charge is 0.147 e. The minimum atomic E-state index is 0.504. The summed E-state index contributed by atoms with van der Waals surface area (Å²) in [6, 6.07) is 8.84. The van der Waals surface area contributed by atoms with Crippen molar-refractivity contribution in [3.05, 3.63) is 41.7 Å². The third-order valence-corrected chi connectivity index (χ3v) is 5.07. The fraction of sp³-hybridized carbons (Fsp3) is 0.500. The number of hydrogen-bond donors (Lipinski definition) is 0. The first-order valence-electron chi connectivity index (χ1n) is 8.64. The van der Waals surface area contributed by atoms with Gasteiger partial charge in [-0.05, 0) is 45.4 Å². The summed E-state index contributed by atoms with van der Waals surface area (Å²) in [7, 11) is 2.11. The molecule has 6 nitrogen and oxygen atoms in total. The van der Waals surface area contributed by atoms with Gasteiger partial charge in [-0.2, -0.15) is 5.10 Å². The Balaban J connectivity index is 1.54. The second-order valence-corrected chi connectivity index (χ2v) is 6.73. The van der Waals surface area contributed by atoms with E-state index in [1.54, 1.807) is 0 Å². The summed E-state index contributed by atoms with van der Waals surface area (Å²) in [5.41, 5.74) is 2.28. The summed E-state index contributed by atoms with van der Waals surface area (Å²) in [6.45, 7) is 6.92. The lowest BCUT2D eigenvalue weighted by molar-refractivity contribution is 0.211. The molecule has 1 fully saturated rings. The van der Waals surface area contributed by atoms with Crippen molar-refractivity contribution in [2.75, 3.05) is 6.54 Å². The zero-order valence-corrected chi connectivity index (χ0v) is 14.6. The van der Waals surface area contributed by atoms with E-state index in [0.29, 0.717) is 6.04 Å². The van der Waals surface area contributed by atoms with Crippen LogP contribution < -0.4 is 0 Å². The van der Waals surface area contributed by atoms with E-state index < -0.39 is 0 Å². The normalized spacial score (nSPS) is 18.7. The van der Waals surface area contributed by atoms with E-state index >= 15 is 0 Å². The Morgan fingerprint density at radius 1 is 1.17 bits per heavy atom. The predicted molar refractivity (Wildman–Crippen MR) is 93.6 cm³/mol. The number of aromatic nitrogens is 5. The Kier molecular flexibility index (Phi) is 3.84. The molecule has 1 aliphatic heterocycles. The molecule has 0 bridgehead atoms. The van der Waals surface area contributed by atoms with Gasteiger partial charge in [0.2, 0.25) is 0 Å². The second kappa shape index (κ2) is 6.02. The van der Waals surface area contributed by atoms with Crippen LogP contribution in [-0.4, -0.2) is 41.8 Å². The Labute approximate surface area is 142 Å². The van der Waals surface area contributed by atoms with Gasteiger partial charge in [-0.3, -0.25) is 4.90 Å². The quantitative estimate of drug-likeness (QED) is 0.740. The van der Waals surface area contributed by atoms with Gasteiger partial charge in [0.05, 0.1) is 24.1 Å². The van der Waals surface area contributed by atoms with Crippen molar-refractivity contribution in [3.63, 3.8) is 0 Å². The fourth-order valence-electron chi connectivity index (χ4n) is 3.76. The highest BCUT2D eigenvalue weighted by atomic mass is 15.4. The van der Waals surface area contributed by atoms with Gasteiger partial charge in [0, 0.05) is 13.1 Å². The van der Waals surface area contributed by atoms with Crippen LogP contribution in [0.25, 0.3) is 11.0 Å². The lowest BCUT2D eigenvalue weighted by Crippen LogP contribution is -2.34. The highest BCUT2D eigenvalue weighted by Crippen LogP contribution is 2.23. The van der Waals surface area contributed by atoms with Gasteiger partial charge in [0.25, 0.3) is 0 Å². The molecule has 4 rings (SSSR count). The maximum Gasteiger partial charge on any atom is 0.147 e. The summed E-state index contributed by atoms with van der Waals surface area (Å²) in [4.78, 5) is 11.8. The number of imidazole rings is 1. The van der Waals surface area contributed by atoms with Gasteiger partial charge < -0.3 is 4.57 Å². The molecule has 0 unspecified atom stereocenters. The number of para-hydroxylation sites is 2. The predicted octanol–water partition coefficient (Wildman–Crippen LogP) is 2.45. The maximum absolute atomic E-state index is 4.83. The van der Waals surface area contributed by atoms with Gasteiger partial charge in [-0.1, -0.05) is 12.1 Å². The van der Waals surface area contributed by atoms with Crippen LogP contribution in [0.3, 0.4) is 0 Å². The molecule has 1 aliphatic rings. The van der Waals surface area contributed by atoms with Crippen molar-refractivity contribution in [3.8, 4) is 0 Å². The zero-order valence-electron chi connectivity index (χ0n) is 14.6. The minimum absolute atomic E-state index is 0.504. The molecule has 6 heteroatoms. The molecule has 2 aromatic heterocycles. The molecule has 126 valence electrons.